The Labute approximate surface area is 144 Å². The van der Waals surface area contributed by atoms with Gasteiger partial charge in [0.15, 0.2) is 17.3 Å². The quantitative estimate of drug-likeness (QED) is 0.466. The third-order valence-electron chi connectivity index (χ3n) is 4.20. The minimum absolute atomic E-state index is 0.0424. The molecular formula is C20H28O4. The van der Waals surface area contributed by atoms with E-state index in [-0.39, 0.29) is 23.2 Å². The molecule has 0 aromatic heterocycles. The topological polar surface area (TPSA) is 60.4 Å². The molecule has 0 spiro atoms. The maximum atomic E-state index is 12.5. The molecule has 1 aliphatic carbocycles. The van der Waals surface area contributed by atoms with E-state index in [1.165, 1.54) is 0 Å². The largest absolute Gasteiger partial charge is 0.422 e. The molecule has 0 saturated carbocycles. The molecule has 1 aliphatic rings. The molecule has 0 aromatic carbocycles. The third kappa shape index (κ3) is 5.29. The average Bonchev–Trinajstić information content (AvgIpc) is 2.49. The fourth-order valence-electron chi connectivity index (χ4n) is 2.69. The van der Waals surface area contributed by atoms with Crippen molar-refractivity contribution in [3.05, 3.63) is 36.6 Å². The van der Waals surface area contributed by atoms with E-state index in [2.05, 4.69) is 13.2 Å². The van der Waals surface area contributed by atoms with Crippen molar-refractivity contribution in [2.45, 2.75) is 59.3 Å². The zero-order valence-corrected chi connectivity index (χ0v) is 15.0. The number of esters is 1. The van der Waals surface area contributed by atoms with E-state index in [4.69, 9.17) is 4.74 Å². The molecule has 0 aliphatic heterocycles. The first-order valence-electron chi connectivity index (χ1n) is 8.46. The van der Waals surface area contributed by atoms with Crippen molar-refractivity contribution >= 4 is 17.5 Å². The molecule has 0 N–H and O–H groups in total. The van der Waals surface area contributed by atoms with Gasteiger partial charge in [-0.15, -0.1) is 13.2 Å². The van der Waals surface area contributed by atoms with Gasteiger partial charge in [-0.2, -0.15) is 0 Å². The van der Waals surface area contributed by atoms with Gasteiger partial charge in [0.25, 0.3) is 0 Å². The van der Waals surface area contributed by atoms with Crippen LogP contribution in [0.5, 0.6) is 0 Å². The predicted molar refractivity (Wildman–Crippen MR) is 94.2 cm³/mol. The molecule has 0 fully saturated rings. The standard InChI is InChI=1S/C20H28O4/c1-6-9-14(3)13-17(22)15-10-8-11-16(21)18(15)24-19(23)20(4,5)12-7-2/h6-7,14H,1-2,8-13H2,3-5H3/t14-/m1/s1. The molecule has 0 amide bonds. The van der Waals surface area contributed by atoms with E-state index in [1.807, 2.05) is 6.92 Å². The van der Waals surface area contributed by atoms with Crippen LogP contribution in [0.3, 0.4) is 0 Å². The highest BCUT2D eigenvalue weighted by Gasteiger charge is 2.34. The monoisotopic (exact) mass is 332 g/mol. The number of ether oxygens (including phenoxy) is 1. The van der Waals surface area contributed by atoms with E-state index in [0.717, 1.165) is 6.42 Å². The Balaban J connectivity index is 3.02. The van der Waals surface area contributed by atoms with Crippen molar-refractivity contribution in [3.63, 3.8) is 0 Å². The van der Waals surface area contributed by atoms with Gasteiger partial charge in [-0.3, -0.25) is 14.4 Å². The highest BCUT2D eigenvalue weighted by molar-refractivity contribution is 6.07. The summed E-state index contributed by atoms with van der Waals surface area (Å²) in [6, 6.07) is 0. The molecule has 132 valence electrons. The number of Topliss-reactive ketones (excluding diaryl/α,β-unsaturated/α-hetero) is 2. The molecule has 0 aromatic rings. The number of ketones is 2. The van der Waals surface area contributed by atoms with Crippen LogP contribution >= 0.6 is 0 Å². The fraction of sp³-hybridized carbons (Fsp3) is 0.550. The second-order valence-electron chi connectivity index (χ2n) is 7.11. The highest BCUT2D eigenvalue weighted by Crippen LogP contribution is 2.30. The molecular weight excluding hydrogens is 304 g/mol. The maximum absolute atomic E-state index is 12.5. The van der Waals surface area contributed by atoms with Crippen molar-refractivity contribution < 1.29 is 19.1 Å². The first-order valence-corrected chi connectivity index (χ1v) is 8.46. The van der Waals surface area contributed by atoms with Gasteiger partial charge in [0.2, 0.25) is 0 Å². The van der Waals surface area contributed by atoms with Gasteiger partial charge in [-0.1, -0.05) is 19.1 Å². The summed E-state index contributed by atoms with van der Waals surface area (Å²) in [5, 5.41) is 0. The molecule has 4 heteroatoms. The van der Waals surface area contributed by atoms with Crippen molar-refractivity contribution in [1.82, 2.24) is 0 Å². The lowest BCUT2D eigenvalue weighted by atomic mass is 9.88. The molecule has 0 radical (unpaired) electrons. The van der Waals surface area contributed by atoms with Crippen LogP contribution in [0, 0.1) is 11.3 Å². The lowest BCUT2D eigenvalue weighted by Crippen LogP contribution is -2.29. The number of carbonyl (C=O) groups is 3. The molecule has 0 saturated heterocycles. The fourth-order valence-corrected chi connectivity index (χ4v) is 2.69. The number of hydrogen-bond donors (Lipinski definition) is 0. The molecule has 4 nitrogen and oxygen atoms in total. The highest BCUT2D eigenvalue weighted by atomic mass is 16.5. The van der Waals surface area contributed by atoms with Crippen molar-refractivity contribution in [3.8, 4) is 0 Å². The summed E-state index contributed by atoms with van der Waals surface area (Å²) < 4.78 is 5.40. The molecule has 0 heterocycles. The zero-order valence-electron chi connectivity index (χ0n) is 15.0. The van der Waals surface area contributed by atoms with E-state index in [0.29, 0.717) is 37.7 Å². The first-order chi connectivity index (χ1) is 11.2. The normalized spacial score (nSPS) is 16.5. The summed E-state index contributed by atoms with van der Waals surface area (Å²) in [7, 11) is 0. The maximum Gasteiger partial charge on any atom is 0.317 e. The predicted octanol–water partition coefficient (Wildman–Crippen LogP) is 4.31. The second kappa shape index (κ2) is 8.76. The van der Waals surface area contributed by atoms with E-state index >= 15 is 0 Å². The van der Waals surface area contributed by atoms with Crippen LogP contribution in [0.15, 0.2) is 36.6 Å². The molecule has 1 rings (SSSR count). The van der Waals surface area contributed by atoms with Crippen LogP contribution in [0.4, 0.5) is 0 Å². The Kier molecular flexibility index (Phi) is 7.33. The first kappa shape index (κ1) is 20.1. The van der Waals surface area contributed by atoms with Crippen LogP contribution in [-0.4, -0.2) is 17.5 Å². The Hall–Kier alpha value is -1.97. The van der Waals surface area contributed by atoms with E-state index in [9.17, 15) is 14.4 Å². The van der Waals surface area contributed by atoms with Gasteiger partial charge in [0.05, 0.1) is 5.41 Å². The van der Waals surface area contributed by atoms with Crippen molar-refractivity contribution in [2.75, 3.05) is 0 Å². The molecule has 0 bridgehead atoms. The number of allylic oxidation sites excluding steroid dienone is 4. The van der Waals surface area contributed by atoms with Gasteiger partial charge in [0.1, 0.15) is 0 Å². The summed E-state index contributed by atoms with van der Waals surface area (Å²) in [6.07, 6.45) is 6.32. The lowest BCUT2D eigenvalue weighted by Gasteiger charge is -2.24. The summed E-state index contributed by atoms with van der Waals surface area (Å²) in [5.41, 5.74) is -0.415. The SMILES string of the molecule is C=CC[C@@H](C)CC(=O)C1=C(OC(=O)C(C)(C)CC=C)C(=O)CCC1. The van der Waals surface area contributed by atoms with Crippen LogP contribution in [-0.2, 0) is 19.1 Å². The van der Waals surface area contributed by atoms with Crippen LogP contribution in [0.25, 0.3) is 0 Å². The Morgan fingerprint density at radius 3 is 2.50 bits per heavy atom. The molecule has 1 atom stereocenters. The lowest BCUT2D eigenvalue weighted by molar-refractivity contribution is -0.152. The average molecular weight is 332 g/mol. The van der Waals surface area contributed by atoms with Gasteiger partial charge in [-0.05, 0) is 45.4 Å². The summed E-state index contributed by atoms with van der Waals surface area (Å²) in [4.78, 5) is 37.1. The van der Waals surface area contributed by atoms with Crippen LogP contribution < -0.4 is 0 Å². The number of carbonyl (C=O) groups excluding carboxylic acids is 3. The number of hydrogen-bond acceptors (Lipinski definition) is 4. The van der Waals surface area contributed by atoms with Crippen molar-refractivity contribution in [2.24, 2.45) is 11.3 Å². The molecule has 0 unspecified atom stereocenters. The Bertz CT molecular complexity index is 566. The number of rotatable bonds is 9. The summed E-state index contributed by atoms with van der Waals surface area (Å²) in [6.45, 7) is 12.7. The third-order valence-corrected chi connectivity index (χ3v) is 4.20. The molecule has 24 heavy (non-hydrogen) atoms. The zero-order chi connectivity index (χ0) is 18.3. The van der Waals surface area contributed by atoms with Crippen LogP contribution in [0.1, 0.15) is 59.3 Å². The van der Waals surface area contributed by atoms with E-state index < -0.39 is 11.4 Å². The summed E-state index contributed by atoms with van der Waals surface area (Å²) >= 11 is 0. The Morgan fingerprint density at radius 2 is 1.92 bits per heavy atom. The summed E-state index contributed by atoms with van der Waals surface area (Å²) in [5.74, 6) is -0.768. The van der Waals surface area contributed by atoms with Gasteiger partial charge >= 0.3 is 5.97 Å². The minimum Gasteiger partial charge on any atom is -0.422 e. The smallest absolute Gasteiger partial charge is 0.317 e. The van der Waals surface area contributed by atoms with E-state index in [1.54, 1.807) is 26.0 Å². The van der Waals surface area contributed by atoms with Gasteiger partial charge in [0, 0.05) is 18.4 Å². The van der Waals surface area contributed by atoms with Gasteiger partial charge < -0.3 is 4.74 Å². The second-order valence-corrected chi connectivity index (χ2v) is 7.11. The Morgan fingerprint density at radius 1 is 1.25 bits per heavy atom. The van der Waals surface area contributed by atoms with Crippen LogP contribution in [0.2, 0.25) is 0 Å². The van der Waals surface area contributed by atoms with Gasteiger partial charge in [-0.25, -0.2) is 0 Å². The minimum atomic E-state index is -0.781. The van der Waals surface area contributed by atoms with Crippen molar-refractivity contribution in [1.29, 1.82) is 0 Å².